The lowest BCUT2D eigenvalue weighted by Gasteiger charge is -2.18. The van der Waals surface area contributed by atoms with E-state index >= 15 is 0 Å². The molecule has 2 aliphatic rings. The third kappa shape index (κ3) is 0.661. The van der Waals surface area contributed by atoms with Gasteiger partial charge >= 0.3 is 0 Å². The molecule has 1 saturated carbocycles. The van der Waals surface area contributed by atoms with Gasteiger partial charge in [-0.1, -0.05) is 0 Å². The first-order valence-electron chi connectivity index (χ1n) is 4.48. The Morgan fingerprint density at radius 3 is 3.17 bits per heavy atom. The van der Waals surface area contributed by atoms with Crippen LogP contribution in [0.4, 0.5) is 0 Å². The van der Waals surface area contributed by atoms with Gasteiger partial charge in [0, 0.05) is 18.3 Å². The van der Waals surface area contributed by atoms with Gasteiger partial charge in [0.1, 0.15) is 0 Å². The summed E-state index contributed by atoms with van der Waals surface area (Å²) >= 11 is 0. The van der Waals surface area contributed by atoms with E-state index in [0.717, 1.165) is 12.8 Å². The predicted octanol–water partition coefficient (Wildman–Crippen LogP) is 1.42. The molecule has 0 aliphatic heterocycles. The minimum absolute atomic E-state index is 0.0927. The molecule has 0 spiro atoms. The Bertz CT molecular complexity index is 323. The summed E-state index contributed by atoms with van der Waals surface area (Å²) in [6.45, 7) is 0. The van der Waals surface area contributed by atoms with Crippen LogP contribution in [0.2, 0.25) is 0 Å². The number of aliphatic hydroxyl groups is 1. The second kappa shape index (κ2) is 2.07. The summed E-state index contributed by atoms with van der Waals surface area (Å²) in [6.07, 6.45) is 5.79. The molecule has 2 aliphatic carbocycles. The molecule has 12 heavy (non-hydrogen) atoms. The highest BCUT2D eigenvalue weighted by Gasteiger charge is 2.42. The quantitative estimate of drug-likeness (QED) is 0.624. The summed E-state index contributed by atoms with van der Waals surface area (Å²) in [6, 6.07) is 2.06. The van der Waals surface area contributed by atoms with Crippen LogP contribution in [0.5, 0.6) is 0 Å². The van der Waals surface area contributed by atoms with E-state index in [1.54, 1.807) is 0 Å². The molecule has 2 nitrogen and oxygen atoms in total. The fraction of sp³-hybridized carbons (Fsp3) is 0.500. The number of nitrogens with zero attached hydrogens (tertiary/aromatic N) is 1. The van der Waals surface area contributed by atoms with Crippen molar-refractivity contribution < 1.29 is 5.11 Å². The Morgan fingerprint density at radius 2 is 2.25 bits per heavy atom. The predicted molar refractivity (Wildman–Crippen MR) is 45.0 cm³/mol. The van der Waals surface area contributed by atoms with Gasteiger partial charge in [0.2, 0.25) is 0 Å². The van der Waals surface area contributed by atoms with Gasteiger partial charge in [0.25, 0.3) is 0 Å². The molecule has 0 saturated heterocycles. The third-order valence-electron chi connectivity index (χ3n) is 3.26. The highest BCUT2D eigenvalue weighted by molar-refractivity contribution is 5.40. The van der Waals surface area contributed by atoms with Crippen molar-refractivity contribution in [3.63, 3.8) is 0 Å². The van der Waals surface area contributed by atoms with Crippen molar-refractivity contribution in [3.05, 3.63) is 29.6 Å². The van der Waals surface area contributed by atoms with Gasteiger partial charge in [-0.05, 0) is 36.0 Å². The average molecular weight is 161 g/mol. The number of rotatable bonds is 0. The van der Waals surface area contributed by atoms with Crippen molar-refractivity contribution in [2.24, 2.45) is 0 Å². The number of aliphatic hydroxyl groups excluding tert-OH is 1. The standard InChI is InChI=1S/C10H11NO/c12-10-4-6-3-8(10)7-1-2-11-5-9(6)7/h1-2,5-6,8,10,12H,3-4H2/t6-,8-,10-/m0/s1. The molecule has 1 heterocycles. The molecule has 1 N–H and O–H groups in total. The van der Waals surface area contributed by atoms with E-state index in [9.17, 15) is 5.11 Å². The van der Waals surface area contributed by atoms with Gasteiger partial charge < -0.3 is 5.11 Å². The average Bonchev–Trinajstić information content (AvgIpc) is 2.62. The molecule has 1 aromatic heterocycles. The van der Waals surface area contributed by atoms with Crippen molar-refractivity contribution in [2.45, 2.75) is 30.8 Å². The lowest BCUT2D eigenvalue weighted by atomic mass is 9.91. The highest BCUT2D eigenvalue weighted by atomic mass is 16.3. The van der Waals surface area contributed by atoms with E-state index in [0.29, 0.717) is 11.8 Å². The Hall–Kier alpha value is -0.890. The first-order chi connectivity index (χ1) is 5.86. The summed E-state index contributed by atoms with van der Waals surface area (Å²) in [7, 11) is 0. The van der Waals surface area contributed by atoms with Gasteiger partial charge in [-0.3, -0.25) is 4.98 Å². The van der Waals surface area contributed by atoms with Crippen LogP contribution in [-0.2, 0) is 0 Å². The van der Waals surface area contributed by atoms with Crippen LogP contribution in [0.3, 0.4) is 0 Å². The zero-order chi connectivity index (χ0) is 8.13. The summed E-state index contributed by atoms with van der Waals surface area (Å²) in [5.74, 6) is 1.00. The Labute approximate surface area is 71.3 Å². The van der Waals surface area contributed by atoms with Crippen molar-refractivity contribution in [2.75, 3.05) is 0 Å². The summed E-state index contributed by atoms with van der Waals surface area (Å²) in [5, 5.41) is 9.65. The first kappa shape index (κ1) is 6.61. The van der Waals surface area contributed by atoms with Crippen molar-refractivity contribution >= 4 is 0 Å². The summed E-state index contributed by atoms with van der Waals surface area (Å²) < 4.78 is 0. The largest absolute Gasteiger partial charge is 0.392 e. The zero-order valence-corrected chi connectivity index (χ0v) is 6.77. The smallest absolute Gasteiger partial charge is 0.0614 e. The molecule has 62 valence electrons. The van der Waals surface area contributed by atoms with E-state index in [-0.39, 0.29) is 6.10 Å². The van der Waals surface area contributed by atoms with Gasteiger partial charge in [-0.25, -0.2) is 0 Å². The number of aromatic nitrogens is 1. The number of hydrogen-bond donors (Lipinski definition) is 1. The Balaban J connectivity index is 2.17. The topological polar surface area (TPSA) is 33.1 Å². The van der Waals surface area contributed by atoms with Crippen LogP contribution in [0.25, 0.3) is 0 Å². The number of fused-ring (bicyclic) bond motifs is 5. The molecule has 3 rings (SSSR count). The van der Waals surface area contributed by atoms with Gasteiger partial charge in [0.05, 0.1) is 6.10 Å². The van der Waals surface area contributed by atoms with Crippen LogP contribution >= 0.6 is 0 Å². The van der Waals surface area contributed by atoms with Crippen molar-refractivity contribution in [1.29, 1.82) is 0 Å². The zero-order valence-electron chi connectivity index (χ0n) is 6.77. The fourth-order valence-electron chi connectivity index (χ4n) is 2.70. The second-order valence-electron chi connectivity index (χ2n) is 3.85. The third-order valence-corrected chi connectivity index (χ3v) is 3.26. The fourth-order valence-corrected chi connectivity index (χ4v) is 2.70. The van der Waals surface area contributed by atoms with Crippen LogP contribution in [0, 0.1) is 0 Å². The van der Waals surface area contributed by atoms with E-state index in [1.165, 1.54) is 11.1 Å². The molecule has 3 atom stereocenters. The first-order valence-corrected chi connectivity index (χ1v) is 4.48. The lowest BCUT2D eigenvalue weighted by Crippen LogP contribution is -2.15. The van der Waals surface area contributed by atoms with Crippen molar-refractivity contribution in [3.8, 4) is 0 Å². The maximum Gasteiger partial charge on any atom is 0.0614 e. The normalized spacial score (nSPS) is 36.9. The Kier molecular flexibility index (Phi) is 1.14. The minimum Gasteiger partial charge on any atom is -0.392 e. The molecule has 0 unspecified atom stereocenters. The molecular weight excluding hydrogens is 150 g/mol. The van der Waals surface area contributed by atoms with Gasteiger partial charge in [-0.15, -0.1) is 0 Å². The van der Waals surface area contributed by atoms with Crippen molar-refractivity contribution in [1.82, 2.24) is 4.98 Å². The minimum atomic E-state index is -0.0927. The molecule has 0 aromatic carbocycles. The van der Waals surface area contributed by atoms with Gasteiger partial charge in [-0.2, -0.15) is 0 Å². The highest BCUT2D eigenvalue weighted by Crippen LogP contribution is 2.52. The van der Waals surface area contributed by atoms with Crippen LogP contribution < -0.4 is 0 Å². The maximum absolute atomic E-state index is 9.65. The van der Waals surface area contributed by atoms with E-state index in [1.807, 2.05) is 12.4 Å². The molecular formula is C10H11NO. The molecule has 0 amide bonds. The monoisotopic (exact) mass is 161 g/mol. The molecule has 2 heteroatoms. The number of hydrogen-bond acceptors (Lipinski definition) is 2. The van der Waals surface area contributed by atoms with E-state index in [4.69, 9.17) is 0 Å². The second-order valence-corrected chi connectivity index (χ2v) is 3.85. The maximum atomic E-state index is 9.65. The molecule has 0 radical (unpaired) electrons. The van der Waals surface area contributed by atoms with Crippen LogP contribution in [0.1, 0.15) is 35.8 Å². The Morgan fingerprint density at radius 1 is 1.33 bits per heavy atom. The summed E-state index contributed by atoms with van der Waals surface area (Å²) in [5.41, 5.74) is 2.72. The van der Waals surface area contributed by atoms with E-state index < -0.39 is 0 Å². The molecule has 2 bridgehead atoms. The number of pyridine rings is 1. The van der Waals surface area contributed by atoms with E-state index in [2.05, 4.69) is 11.1 Å². The van der Waals surface area contributed by atoms with Gasteiger partial charge in [0.15, 0.2) is 0 Å². The summed E-state index contributed by atoms with van der Waals surface area (Å²) in [4.78, 5) is 4.12. The lowest BCUT2D eigenvalue weighted by molar-refractivity contribution is 0.158. The SMILES string of the molecule is O[C@H]1C[C@@H]2C[C@H]1c1ccncc12. The van der Waals surface area contributed by atoms with Crippen LogP contribution in [0.15, 0.2) is 18.5 Å². The van der Waals surface area contributed by atoms with Crippen LogP contribution in [-0.4, -0.2) is 16.2 Å². The molecule has 1 fully saturated rings. The molecule has 1 aromatic rings.